The molecule has 0 spiro atoms. The summed E-state index contributed by atoms with van der Waals surface area (Å²) >= 11 is 0. The van der Waals surface area contributed by atoms with Crippen LogP contribution in [0.2, 0.25) is 0 Å². The smallest absolute Gasteiger partial charge is 0.203 e. The summed E-state index contributed by atoms with van der Waals surface area (Å²) in [6, 6.07) is 3.84. The molecule has 0 radical (unpaired) electrons. The van der Waals surface area contributed by atoms with Crippen LogP contribution in [0.25, 0.3) is 0 Å². The summed E-state index contributed by atoms with van der Waals surface area (Å²) in [6.45, 7) is 0.734. The summed E-state index contributed by atoms with van der Waals surface area (Å²) < 4.78 is 21.6. The fourth-order valence-electron chi connectivity index (χ4n) is 2.01. The minimum atomic E-state index is -0.0487. The van der Waals surface area contributed by atoms with Gasteiger partial charge in [-0.2, -0.15) is 0 Å². The fourth-order valence-corrected chi connectivity index (χ4v) is 2.01. The van der Waals surface area contributed by atoms with E-state index in [-0.39, 0.29) is 6.10 Å². The average Bonchev–Trinajstić information content (AvgIpc) is 2.46. The first-order valence-corrected chi connectivity index (χ1v) is 5.88. The molecule has 18 heavy (non-hydrogen) atoms. The number of benzene rings is 1. The van der Waals surface area contributed by atoms with Gasteiger partial charge in [0.2, 0.25) is 5.75 Å². The Hall–Kier alpha value is -1.68. The molecule has 0 N–H and O–H groups in total. The highest BCUT2D eigenvalue weighted by Crippen LogP contribution is 2.40. The molecule has 0 saturated carbocycles. The number of rotatable bonds is 4. The molecule has 1 aromatic rings. The molecule has 0 aromatic heterocycles. The molecule has 0 bridgehead atoms. The van der Waals surface area contributed by atoms with Crippen molar-refractivity contribution in [1.82, 2.24) is 0 Å². The number of hydrogen-bond acceptors (Lipinski definition) is 4. The van der Waals surface area contributed by atoms with E-state index in [2.05, 4.69) is 6.08 Å². The zero-order valence-corrected chi connectivity index (χ0v) is 10.9. The standard InChI is InChI=1S/C14H18O4/c1-15-12-8-10(11-6-4-5-7-18-11)9-13(16-2)14(12)17-3/h4,6,8-9,11H,5,7H2,1-3H3/t11-/m1/s1. The molecule has 0 amide bonds. The van der Waals surface area contributed by atoms with Crippen LogP contribution < -0.4 is 14.2 Å². The first-order chi connectivity index (χ1) is 8.80. The molecule has 0 aliphatic carbocycles. The Balaban J connectivity index is 2.42. The molecule has 1 aliphatic heterocycles. The van der Waals surface area contributed by atoms with E-state index in [4.69, 9.17) is 18.9 Å². The molecule has 2 rings (SSSR count). The molecule has 1 aliphatic rings. The topological polar surface area (TPSA) is 36.9 Å². The summed E-state index contributed by atoms with van der Waals surface area (Å²) in [5.74, 6) is 1.90. The molecule has 0 fully saturated rings. The van der Waals surface area contributed by atoms with Crippen molar-refractivity contribution < 1.29 is 18.9 Å². The highest BCUT2D eigenvalue weighted by atomic mass is 16.5. The van der Waals surface area contributed by atoms with Gasteiger partial charge in [0.25, 0.3) is 0 Å². The van der Waals surface area contributed by atoms with E-state index < -0.39 is 0 Å². The molecule has 0 saturated heterocycles. The largest absolute Gasteiger partial charge is 0.493 e. The van der Waals surface area contributed by atoms with E-state index in [0.717, 1.165) is 18.6 Å². The lowest BCUT2D eigenvalue weighted by Crippen LogP contribution is -2.07. The second kappa shape index (κ2) is 5.78. The predicted octanol–water partition coefficient (Wildman–Crippen LogP) is 2.73. The first-order valence-electron chi connectivity index (χ1n) is 5.88. The van der Waals surface area contributed by atoms with E-state index in [1.165, 1.54) is 0 Å². The highest BCUT2D eigenvalue weighted by molar-refractivity contribution is 5.54. The molecule has 0 unspecified atom stereocenters. The monoisotopic (exact) mass is 250 g/mol. The second-order valence-electron chi connectivity index (χ2n) is 3.97. The van der Waals surface area contributed by atoms with Gasteiger partial charge >= 0.3 is 0 Å². The Kier molecular flexibility index (Phi) is 4.10. The molecule has 98 valence electrons. The van der Waals surface area contributed by atoms with E-state index in [1.807, 2.05) is 18.2 Å². The zero-order chi connectivity index (χ0) is 13.0. The summed E-state index contributed by atoms with van der Waals surface area (Å²) in [4.78, 5) is 0. The van der Waals surface area contributed by atoms with Gasteiger partial charge in [-0.15, -0.1) is 0 Å². The van der Waals surface area contributed by atoms with Crippen molar-refractivity contribution in [3.05, 3.63) is 29.8 Å². The van der Waals surface area contributed by atoms with Crippen LogP contribution in [0.15, 0.2) is 24.3 Å². The Morgan fingerprint density at radius 3 is 2.17 bits per heavy atom. The van der Waals surface area contributed by atoms with Gasteiger partial charge in [0.1, 0.15) is 6.10 Å². The minimum Gasteiger partial charge on any atom is -0.493 e. The first kappa shape index (κ1) is 12.8. The van der Waals surface area contributed by atoms with Crippen molar-refractivity contribution in [2.45, 2.75) is 12.5 Å². The van der Waals surface area contributed by atoms with E-state index in [1.54, 1.807) is 21.3 Å². The van der Waals surface area contributed by atoms with Crippen molar-refractivity contribution in [1.29, 1.82) is 0 Å². The van der Waals surface area contributed by atoms with Gasteiger partial charge in [-0.05, 0) is 24.1 Å². The number of hydrogen-bond donors (Lipinski definition) is 0. The number of methoxy groups -OCH3 is 3. The average molecular weight is 250 g/mol. The lowest BCUT2D eigenvalue weighted by atomic mass is 10.1. The summed E-state index contributed by atoms with van der Waals surface area (Å²) in [6.07, 6.45) is 5.08. The van der Waals surface area contributed by atoms with Crippen molar-refractivity contribution >= 4 is 0 Å². The van der Waals surface area contributed by atoms with Gasteiger partial charge in [-0.25, -0.2) is 0 Å². The highest BCUT2D eigenvalue weighted by Gasteiger charge is 2.18. The van der Waals surface area contributed by atoms with Crippen LogP contribution in [0, 0.1) is 0 Å². The van der Waals surface area contributed by atoms with Crippen LogP contribution in [0.5, 0.6) is 17.2 Å². The maximum atomic E-state index is 5.70. The van der Waals surface area contributed by atoms with E-state index in [9.17, 15) is 0 Å². The second-order valence-corrected chi connectivity index (χ2v) is 3.97. The van der Waals surface area contributed by atoms with Gasteiger partial charge in [0.05, 0.1) is 27.9 Å². The Labute approximate surface area is 107 Å². The molecule has 4 nitrogen and oxygen atoms in total. The zero-order valence-electron chi connectivity index (χ0n) is 10.9. The Bertz CT molecular complexity index is 414. The molecular formula is C14H18O4. The SMILES string of the molecule is COc1cc([C@H]2C=CCCO2)cc(OC)c1OC. The predicted molar refractivity (Wildman–Crippen MR) is 68.5 cm³/mol. The summed E-state index contributed by atoms with van der Waals surface area (Å²) in [5.41, 5.74) is 1.00. The maximum Gasteiger partial charge on any atom is 0.203 e. The lowest BCUT2D eigenvalue weighted by molar-refractivity contribution is 0.0797. The van der Waals surface area contributed by atoms with Crippen LogP contribution >= 0.6 is 0 Å². The normalized spacial score (nSPS) is 18.5. The van der Waals surface area contributed by atoms with Gasteiger partial charge in [0, 0.05) is 0 Å². The van der Waals surface area contributed by atoms with Crippen LogP contribution in [-0.4, -0.2) is 27.9 Å². The third-order valence-corrected chi connectivity index (χ3v) is 2.91. The Morgan fingerprint density at radius 1 is 1.06 bits per heavy atom. The quantitative estimate of drug-likeness (QED) is 0.770. The third kappa shape index (κ3) is 2.43. The van der Waals surface area contributed by atoms with Crippen molar-refractivity contribution in [3.63, 3.8) is 0 Å². The van der Waals surface area contributed by atoms with Gasteiger partial charge in [0.15, 0.2) is 11.5 Å². The molecule has 1 heterocycles. The summed E-state index contributed by atoms with van der Waals surface area (Å²) in [5, 5.41) is 0. The van der Waals surface area contributed by atoms with Crippen LogP contribution in [0.4, 0.5) is 0 Å². The summed E-state index contributed by atoms with van der Waals surface area (Å²) in [7, 11) is 4.81. The van der Waals surface area contributed by atoms with E-state index >= 15 is 0 Å². The minimum absolute atomic E-state index is 0.0487. The maximum absolute atomic E-state index is 5.70. The molecule has 4 heteroatoms. The van der Waals surface area contributed by atoms with Crippen molar-refractivity contribution in [3.8, 4) is 17.2 Å². The number of ether oxygens (including phenoxy) is 4. The third-order valence-electron chi connectivity index (χ3n) is 2.91. The van der Waals surface area contributed by atoms with E-state index in [0.29, 0.717) is 17.2 Å². The fraction of sp³-hybridized carbons (Fsp3) is 0.429. The lowest BCUT2D eigenvalue weighted by Gasteiger charge is -2.20. The molecule has 1 atom stereocenters. The molecule has 1 aromatic carbocycles. The van der Waals surface area contributed by atoms with Gasteiger partial charge < -0.3 is 18.9 Å². The van der Waals surface area contributed by atoms with Gasteiger partial charge in [-0.1, -0.05) is 12.2 Å². The van der Waals surface area contributed by atoms with Crippen molar-refractivity contribution in [2.75, 3.05) is 27.9 Å². The van der Waals surface area contributed by atoms with Crippen molar-refractivity contribution in [2.24, 2.45) is 0 Å². The Morgan fingerprint density at radius 2 is 1.72 bits per heavy atom. The van der Waals surface area contributed by atoms with Crippen LogP contribution in [0.3, 0.4) is 0 Å². The molecular weight excluding hydrogens is 232 g/mol. The van der Waals surface area contributed by atoms with Crippen LogP contribution in [-0.2, 0) is 4.74 Å². The van der Waals surface area contributed by atoms with Gasteiger partial charge in [-0.3, -0.25) is 0 Å². The van der Waals surface area contributed by atoms with Crippen LogP contribution in [0.1, 0.15) is 18.1 Å².